The van der Waals surface area contributed by atoms with Gasteiger partial charge in [0.2, 0.25) is 5.91 Å². The Balaban J connectivity index is 1.80. The summed E-state index contributed by atoms with van der Waals surface area (Å²) < 4.78 is 5.06. The molecule has 3 fully saturated rings. The lowest BCUT2D eigenvalue weighted by Gasteiger charge is -2.53. The molecule has 0 bridgehead atoms. The molecule has 3 aliphatic rings. The predicted molar refractivity (Wildman–Crippen MR) is 121 cm³/mol. The lowest BCUT2D eigenvalue weighted by atomic mass is 9.53. The highest BCUT2D eigenvalue weighted by atomic mass is 16.5. The number of hydrogen-bond donors (Lipinski definition) is 1. The average molecular weight is 416 g/mol. The molecular formula is C26H41NO3. The van der Waals surface area contributed by atoms with E-state index in [1.54, 1.807) is 6.08 Å². The summed E-state index contributed by atoms with van der Waals surface area (Å²) >= 11 is 0. The molecule has 0 aromatic heterocycles. The Bertz CT molecular complexity index is 686. The summed E-state index contributed by atoms with van der Waals surface area (Å²) in [7, 11) is 0. The quantitative estimate of drug-likeness (QED) is 0.342. The van der Waals surface area contributed by atoms with E-state index in [0.29, 0.717) is 42.6 Å². The molecule has 168 valence electrons. The molecule has 4 heteroatoms. The third-order valence-corrected chi connectivity index (χ3v) is 8.78. The van der Waals surface area contributed by atoms with E-state index in [1.807, 2.05) is 13.0 Å². The summed E-state index contributed by atoms with van der Waals surface area (Å²) in [6, 6.07) is 0. The number of allylic oxidation sites excluding steroid dienone is 2. The highest BCUT2D eigenvalue weighted by Gasteiger charge is 2.57. The largest absolute Gasteiger partial charge is 0.463 e. The van der Waals surface area contributed by atoms with E-state index in [2.05, 4.69) is 38.7 Å². The molecule has 0 aromatic rings. The molecule has 30 heavy (non-hydrogen) atoms. The van der Waals surface area contributed by atoms with E-state index in [-0.39, 0.29) is 22.8 Å². The molecule has 1 heterocycles. The van der Waals surface area contributed by atoms with Gasteiger partial charge in [0.1, 0.15) is 0 Å². The third-order valence-electron chi connectivity index (χ3n) is 8.78. The van der Waals surface area contributed by atoms with Gasteiger partial charge in [-0.05, 0) is 93.8 Å². The van der Waals surface area contributed by atoms with Gasteiger partial charge in [-0.15, -0.1) is 6.58 Å². The zero-order valence-corrected chi connectivity index (χ0v) is 19.4. The number of nitrogens with one attached hydrogen (secondary N) is 1. The molecule has 1 saturated heterocycles. The SMILES string of the molecule is C=CCC[C@@]1(C)NC(=O)CCC2C1CC[C@@]1(C)C2CC[C@@H]1[C@H](C)/C=C/C(=O)OCC. The Morgan fingerprint density at radius 1 is 1.27 bits per heavy atom. The van der Waals surface area contributed by atoms with E-state index in [4.69, 9.17) is 4.74 Å². The van der Waals surface area contributed by atoms with Gasteiger partial charge in [-0.25, -0.2) is 4.79 Å². The van der Waals surface area contributed by atoms with Crippen LogP contribution in [0.2, 0.25) is 0 Å². The van der Waals surface area contributed by atoms with Gasteiger partial charge >= 0.3 is 5.97 Å². The maximum atomic E-state index is 12.6. The zero-order valence-electron chi connectivity index (χ0n) is 19.4. The maximum absolute atomic E-state index is 12.6. The zero-order chi connectivity index (χ0) is 21.9. The second-order valence-corrected chi connectivity index (χ2v) is 10.4. The molecule has 0 aromatic carbocycles. The summed E-state index contributed by atoms with van der Waals surface area (Å²) in [5.41, 5.74) is 0.160. The van der Waals surface area contributed by atoms with Crippen molar-refractivity contribution in [2.24, 2.45) is 35.0 Å². The highest BCUT2D eigenvalue weighted by Crippen LogP contribution is 2.63. The molecule has 2 aliphatic carbocycles. The van der Waals surface area contributed by atoms with Gasteiger partial charge in [0.15, 0.2) is 0 Å². The van der Waals surface area contributed by atoms with Gasteiger partial charge in [-0.2, -0.15) is 0 Å². The topological polar surface area (TPSA) is 55.4 Å². The molecule has 1 amide bonds. The van der Waals surface area contributed by atoms with Crippen molar-refractivity contribution in [2.75, 3.05) is 6.61 Å². The Kier molecular flexibility index (Phi) is 7.14. The van der Waals surface area contributed by atoms with Gasteiger partial charge in [0.25, 0.3) is 0 Å². The van der Waals surface area contributed by atoms with E-state index in [0.717, 1.165) is 19.3 Å². The van der Waals surface area contributed by atoms with E-state index in [1.165, 1.54) is 25.7 Å². The molecule has 1 N–H and O–H groups in total. The van der Waals surface area contributed by atoms with Crippen molar-refractivity contribution in [2.45, 2.75) is 84.6 Å². The second-order valence-electron chi connectivity index (χ2n) is 10.4. The van der Waals surface area contributed by atoms with Gasteiger partial charge < -0.3 is 10.1 Å². The van der Waals surface area contributed by atoms with Crippen LogP contribution in [0.25, 0.3) is 0 Å². The van der Waals surface area contributed by atoms with Crippen LogP contribution < -0.4 is 5.32 Å². The number of amides is 1. The first kappa shape index (κ1) is 23.1. The van der Waals surface area contributed by atoms with Crippen LogP contribution in [0, 0.1) is 35.0 Å². The molecule has 0 radical (unpaired) electrons. The molecule has 7 atom stereocenters. The maximum Gasteiger partial charge on any atom is 0.330 e. The Labute approximate surface area is 182 Å². The van der Waals surface area contributed by atoms with Crippen molar-refractivity contribution in [3.8, 4) is 0 Å². The minimum Gasteiger partial charge on any atom is -0.463 e. The molecule has 4 nitrogen and oxygen atoms in total. The van der Waals surface area contributed by atoms with Crippen molar-refractivity contribution < 1.29 is 14.3 Å². The van der Waals surface area contributed by atoms with Crippen molar-refractivity contribution in [3.63, 3.8) is 0 Å². The summed E-state index contributed by atoms with van der Waals surface area (Å²) in [5.74, 6) is 2.74. The molecule has 3 unspecified atom stereocenters. The smallest absolute Gasteiger partial charge is 0.330 e. The number of ether oxygens (including phenoxy) is 1. The highest BCUT2D eigenvalue weighted by molar-refractivity contribution is 5.81. The fraction of sp³-hybridized carbons (Fsp3) is 0.769. The van der Waals surface area contributed by atoms with Crippen LogP contribution in [0.5, 0.6) is 0 Å². The number of esters is 1. The third kappa shape index (κ3) is 4.38. The van der Waals surface area contributed by atoms with E-state index >= 15 is 0 Å². The van der Waals surface area contributed by atoms with Crippen molar-refractivity contribution in [1.29, 1.82) is 0 Å². The Morgan fingerprint density at radius 3 is 2.73 bits per heavy atom. The van der Waals surface area contributed by atoms with Crippen LogP contribution >= 0.6 is 0 Å². The second kappa shape index (κ2) is 9.28. The van der Waals surface area contributed by atoms with Crippen LogP contribution in [0.1, 0.15) is 79.1 Å². The van der Waals surface area contributed by atoms with E-state index in [9.17, 15) is 9.59 Å². The molecular weight excluding hydrogens is 374 g/mol. The van der Waals surface area contributed by atoms with Crippen molar-refractivity contribution in [3.05, 3.63) is 24.8 Å². The standard InChI is InChI=1S/C26H41NO3/c1-6-8-16-26(5)22-15-17-25(4)20(18(3)9-14-24(29)30-7-2)11-12-21(25)19(22)10-13-23(28)27-26/h6,9,14,18-22H,1,7-8,10-13,15-17H2,2-5H3,(H,27,28)/b14-9+/t18-,19?,20-,21?,22?,25-,26-/m1/s1. The minimum absolute atomic E-state index is 0.124. The molecule has 1 aliphatic heterocycles. The van der Waals surface area contributed by atoms with Crippen LogP contribution in [0.3, 0.4) is 0 Å². The van der Waals surface area contributed by atoms with Crippen LogP contribution in [-0.4, -0.2) is 24.0 Å². The summed E-state index contributed by atoms with van der Waals surface area (Å²) in [6.45, 7) is 13.2. The van der Waals surface area contributed by atoms with Crippen LogP contribution in [-0.2, 0) is 14.3 Å². The van der Waals surface area contributed by atoms with Gasteiger partial charge in [0.05, 0.1) is 6.61 Å². The molecule has 0 spiro atoms. The number of carbonyl (C=O) groups excluding carboxylic acids is 2. The monoisotopic (exact) mass is 415 g/mol. The fourth-order valence-corrected chi connectivity index (χ4v) is 7.36. The first-order chi connectivity index (χ1) is 14.2. The van der Waals surface area contributed by atoms with Gasteiger partial charge in [0, 0.05) is 18.0 Å². The first-order valence-corrected chi connectivity index (χ1v) is 12.0. The number of carbonyl (C=O) groups is 2. The summed E-state index contributed by atoms with van der Waals surface area (Å²) in [5, 5.41) is 3.41. The Hall–Kier alpha value is -1.58. The normalized spacial score (nSPS) is 39.5. The molecule has 2 saturated carbocycles. The van der Waals surface area contributed by atoms with Crippen LogP contribution in [0.4, 0.5) is 0 Å². The number of fused-ring (bicyclic) bond motifs is 3. The summed E-state index contributed by atoms with van der Waals surface area (Å²) in [6.07, 6.45) is 14.1. The fourth-order valence-electron chi connectivity index (χ4n) is 7.36. The molecule has 3 rings (SSSR count). The summed E-state index contributed by atoms with van der Waals surface area (Å²) in [4.78, 5) is 24.3. The van der Waals surface area contributed by atoms with E-state index < -0.39 is 0 Å². The Morgan fingerprint density at radius 2 is 2.03 bits per heavy atom. The number of rotatable bonds is 7. The average Bonchev–Trinajstić information content (AvgIpc) is 2.99. The lowest BCUT2D eigenvalue weighted by molar-refractivity contribution is -0.137. The van der Waals surface area contributed by atoms with Crippen molar-refractivity contribution in [1.82, 2.24) is 5.32 Å². The van der Waals surface area contributed by atoms with Gasteiger partial charge in [-0.1, -0.05) is 26.0 Å². The van der Waals surface area contributed by atoms with Crippen molar-refractivity contribution >= 4 is 11.9 Å². The predicted octanol–water partition coefficient (Wildman–Crippen LogP) is 5.44. The van der Waals surface area contributed by atoms with Crippen LogP contribution in [0.15, 0.2) is 24.8 Å². The minimum atomic E-state index is -0.237. The van der Waals surface area contributed by atoms with Gasteiger partial charge in [-0.3, -0.25) is 4.79 Å². The number of hydrogen-bond acceptors (Lipinski definition) is 3. The lowest BCUT2D eigenvalue weighted by Crippen LogP contribution is -2.55. The first-order valence-electron chi connectivity index (χ1n) is 12.0.